The van der Waals surface area contributed by atoms with Crippen molar-refractivity contribution < 1.29 is 9.47 Å². The van der Waals surface area contributed by atoms with E-state index in [0.29, 0.717) is 23.1 Å². The van der Waals surface area contributed by atoms with Crippen LogP contribution in [0.3, 0.4) is 0 Å². The average molecular weight is 301 g/mol. The molecule has 0 amide bonds. The summed E-state index contributed by atoms with van der Waals surface area (Å²) in [4.78, 5) is 11.0. The molecule has 3 rings (SSSR count). The molecule has 0 saturated heterocycles. The standard InChI is InChI=1S/C15H15N3O2S/c1-8-4-12-13(16)17-14(18-15(12)21-8)9-5-10(19-2)7-11(6-9)20-3/h4-7H,1-3H3,(H2,16,17,18). The van der Waals surface area contributed by atoms with E-state index in [4.69, 9.17) is 15.2 Å². The number of methoxy groups -OCH3 is 2. The highest BCUT2D eigenvalue weighted by Gasteiger charge is 2.12. The van der Waals surface area contributed by atoms with Crippen molar-refractivity contribution in [2.24, 2.45) is 0 Å². The zero-order valence-electron chi connectivity index (χ0n) is 12.0. The third-order valence-electron chi connectivity index (χ3n) is 3.16. The zero-order valence-corrected chi connectivity index (χ0v) is 12.8. The molecular weight excluding hydrogens is 286 g/mol. The number of anilines is 1. The van der Waals surface area contributed by atoms with Crippen molar-refractivity contribution in [1.29, 1.82) is 0 Å². The van der Waals surface area contributed by atoms with Gasteiger partial charge in [-0.25, -0.2) is 9.97 Å². The van der Waals surface area contributed by atoms with Crippen molar-refractivity contribution in [2.75, 3.05) is 20.0 Å². The number of aryl methyl sites for hydroxylation is 1. The lowest BCUT2D eigenvalue weighted by Crippen LogP contribution is -1.97. The van der Waals surface area contributed by atoms with E-state index in [-0.39, 0.29) is 0 Å². The van der Waals surface area contributed by atoms with E-state index < -0.39 is 0 Å². The van der Waals surface area contributed by atoms with Gasteiger partial charge in [-0.05, 0) is 25.1 Å². The first-order chi connectivity index (χ1) is 10.1. The number of nitrogens with two attached hydrogens (primary N) is 1. The maximum absolute atomic E-state index is 6.04. The number of fused-ring (bicyclic) bond motifs is 1. The summed E-state index contributed by atoms with van der Waals surface area (Å²) in [5, 5.41) is 0.899. The van der Waals surface area contributed by atoms with Crippen LogP contribution < -0.4 is 15.2 Å². The number of nitrogens with zero attached hydrogens (tertiary/aromatic N) is 2. The predicted octanol–water partition coefficient (Wildman–Crippen LogP) is 3.27. The van der Waals surface area contributed by atoms with Crippen LogP contribution in [-0.4, -0.2) is 24.2 Å². The fourth-order valence-corrected chi connectivity index (χ4v) is 3.02. The maximum atomic E-state index is 6.04. The molecule has 2 aromatic heterocycles. The minimum Gasteiger partial charge on any atom is -0.497 e. The summed E-state index contributed by atoms with van der Waals surface area (Å²) < 4.78 is 10.6. The van der Waals surface area contributed by atoms with Crippen LogP contribution in [0.15, 0.2) is 24.3 Å². The van der Waals surface area contributed by atoms with Crippen molar-refractivity contribution in [3.05, 3.63) is 29.1 Å². The van der Waals surface area contributed by atoms with Gasteiger partial charge in [0.1, 0.15) is 22.1 Å². The second-order valence-corrected chi connectivity index (χ2v) is 5.84. The van der Waals surface area contributed by atoms with Gasteiger partial charge < -0.3 is 15.2 Å². The molecular formula is C15H15N3O2S. The van der Waals surface area contributed by atoms with E-state index in [1.165, 1.54) is 0 Å². The smallest absolute Gasteiger partial charge is 0.163 e. The Morgan fingerprint density at radius 2 is 1.67 bits per heavy atom. The van der Waals surface area contributed by atoms with Crippen molar-refractivity contribution >= 4 is 27.4 Å². The molecule has 0 bridgehead atoms. The molecule has 0 fully saturated rings. The number of thiophene rings is 1. The molecule has 0 unspecified atom stereocenters. The topological polar surface area (TPSA) is 70.3 Å². The third-order valence-corrected chi connectivity index (χ3v) is 4.10. The maximum Gasteiger partial charge on any atom is 0.163 e. The van der Waals surface area contributed by atoms with Gasteiger partial charge in [0.25, 0.3) is 0 Å². The quantitative estimate of drug-likeness (QED) is 0.804. The highest BCUT2D eigenvalue weighted by molar-refractivity contribution is 7.18. The molecule has 6 heteroatoms. The highest BCUT2D eigenvalue weighted by atomic mass is 32.1. The van der Waals surface area contributed by atoms with Crippen LogP contribution in [0.2, 0.25) is 0 Å². The number of aromatic nitrogens is 2. The van der Waals surface area contributed by atoms with Gasteiger partial charge in [-0.15, -0.1) is 11.3 Å². The lowest BCUT2D eigenvalue weighted by molar-refractivity contribution is 0.394. The Labute approximate surface area is 126 Å². The highest BCUT2D eigenvalue weighted by Crippen LogP contribution is 2.32. The predicted molar refractivity (Wildman–Crippen MR) is 85.1 cm³/mol. The van der Waals surface area contributed by atoms with Gasteiger partial charge in [-0.3, -0.25) is 0 Å². The lowest BCUT2D eigenvalue weighted by Gasteiger charge is -2.08. The molecule has 0 spiro atoms. The first kappa shape index (κ1) is 13.6. The van der Waals surface area contributed by atoms with Gasteiger partial charge in [0.15, 0.2) is 5.82 Å². The number of rotatable bonds is 3. The molecule has 0 saturated carbocycles. The zero-order chi connectivity index (χ0) is 15.0. The lowest BCUT2D eigenvalue weighted by atomic mass is 10.2. The fraction of sp³-hybridized carbons (Fsp3) is 0.200. The molecule has 0 aliphatic heterocycles. The molecule has 0 aliphatic rings. The summed E-state index contributed by atoms with van der Waals surface area (Å²) in [5.41, 5.74) is 6.85. The first-order valence-corrected chi connectivity index (χ1v) is 7.19. The molecule has 0 atom stereocenters. The van der Waals surface area contributed by atoms with Crippen LogP contribution in [0.25, 0.3) is 21.6 Å². The molecule has 0 aliphatic carbocycles. The largest absolute Gasteiger partial charge is 0.497 e. The Balaban J connectivity index is 2.19. The van der Waals surface area contributed by atoms with Crippen molar-refractivity contribution in [2.45, 2.75) is 6.92 Å². The summed E-state index contributed by atoms with van der Waals surface area (Å²) in [7, 11) is 3.22. The summed E-state index contributed by atoms with van der Waals surface area (Å²) in [6.45, 7) is 2.03. The Bertz CT molecular complexity index is 792. The van der Waals surface area contributed by atoms with E-state index >= 15 is 0 Å². The van der Waals surface area contributed by atoms with E-state index in [1.54, 1.807) is 31.6 Å². The summed E-state index contributed by atoms with van der Waals surface area (Å²) in [5.74, 6) is 2.43. The van der Waals surface area contributed by atoms with E-state index in [2.05, 4.69) is 9.97 Å². The van der Waals surface area contributed by atoms with Crippen molar-refractivity contribution in [1.82, 2.24) is 9.97 Å². The van der Waals surface area contributed by atoms with E-state index in [1.807, 2.05) is 25.1 Å². The summed E-state index contributed by atoms with van der Waals surface area (Å²) in [6.07, 6.45) is 0. The minimum atomic E-state index is 0.487. The number of hydrogen-bond acceptors (Lipinski definition) is 6. The fourth-order valence-electron chi connectivity index (χ4n) is 2.13. The Morgan fingerprint density at radius 1 is 1.00 bits per heavy atom. The SMILES string of the molecule is COc1cc(OC)cc(-c2nc(N)c3cc(C)sc3n2)c1. The monoisotopic (exact) mass is 301 g/mol. The van der Waals surface area contributed by atoms with Gasteiger partial charge in [-0.1, -0.05) is 0 Å². The molecule has 2 N–H and O–H groups in total. The van der Waals surface area contributed by atoms with Crippen LogP contribution in [0.5, 0.6) is 11.5 Å². The van der Waals surface area contributed by atoms with Gasteiger partial charge in [-0.2, -0.15) is 0 Å². The van der Waals surface area contributed by atoms with Gasteiger partial charge in [0.05, 0.1) is 19.6 Å². The first-order valence-electron chi connectivity index (χ1n) is 6.38. The van der Waals surface area contributed by atoms with E-state index in [9.17, 15) is 0 Å². The molecule has 1 aromatic carbocycles. The molecule has 5 nitrogen and oxygen atoms in total. The molecule has 21 heavy (non-hydrogen) atoms. The third kappa shape index (κ3) is 2.50. The Hall–Kier alpha value is -2.34. The Kier molecular flexibility index (Phi) is 3.39. The van der Waals surface area contributed by atoms with Crippen LogP contribution in [0.1, 0.15) is 4.88 Å². The summed E-state index contributed by atoms with van der Waals surface area (Å²) >= 11 is 1.60. The van der Waals surface area contributed by atoms with Gasteiger partial charge in [0.2, 0.25) is 0 Å². The Morgan fingerprint density at radius 3 is 2.29 bits per heavy atom. The average Bonchev–Trinajstić information content (AvgIpc) is 2.87. The molecule has 0 radical (unpaired) electrons. The van der Waals surface area contributed by atoms with Gasteiger partial charge >= 0.3 is 0 Å². The minimum absolute atomic E-state index is 0.487. The number of ether oxygens (including phenoxy) is 2. The second-order valence-electron chi connectivity index (χ2n) is 4.61. The van der Waals surface area contributed by atoms with Crippen LogP contribution >= 0.6 is 11.3 Å². The van der Waals surface area contributed by atoms with Crippen LogP contribution in [0.4, 0.5) is 5.82 Å². The van der Waals surface area contributed by atoms with Crippen LogP contribution in [-0.2, 0) is 0 Å². The molecule has 3 aromatic rings. The van der Waals surface area contributed by atoms with Crippen LogP contribution in [0, 0.1) is 6.92 Å². The van der Waals surface area contributed by atoms with Gasteiger partial charge in [0, 0.05) is 16.5 Å². The molecule has 2 heterocycles. The van der Waals surface area contributed by atoms with Crippen molar-refractivity contribution in [3.8, 4) is 22.9 Å². The van der Waals surface area contributed by atoms with E-state index in [0.717, 1.165) is 20.7 Å². The second kappa shape index (κ2) is 5.21. The number of nitrogen functional groups attached to an aromatic ring is 1. The number of benzene rings is 1. The normalized spacial score (nSPS) is 10.8. The van der Waals surface area contributed by atoms with Crippen molar-refractivity contribution in [3.63, 3.8) is 0 Å². The number of hydrogen-bond donors (Lipinski definition) is 1. The summed E-state index contributed by atoms with van der Waals surface area (Å²) in [6, 6.07) is 7.54. The molecule has 108 valence electrons.